The van der Waals surface area contributed by atoms with Gasteiger partial charge in [0, 0.05) is 12.0 Å². The Morgan fingerprint density at radius 2 is 2.27 bits per heavy atom. The third kappa shape index (κ3) is 2.37. The molecule has 0 bridgehead atoms. The molecule has 0 radical (unpaired) electrons. The molecule has 1 N–H and O–H groups in total. The van der Waals surface area contributed by atoms with Gasteiger partial charge >= 0.3 is 5.97 Å². The van der Waals surface area contributed by atoms with Crippen molar-refractivity contribution in [2.45, 2.75) is 6.42 Å². The molecule has 78 valence electrons. The first-order valence-electron chi connectivity index (χ1n) is 4.87. The first-order chi connectivity index (χ1) is 7.25. The molecule has 0 saturated heterocycles. The number of carboxylic acids is 1. The van der Waals surface area contributed by atoms with Crippen molar-refractivity contribution in [1.82, 2.24) is 0 Å². The Balaban J connectivity index is 2.09. The molecule has 0 unspecified atom stereocenters. The van der Waals surface area contributed by atoms with Crippen molar-refractivity contribution >= 4 is 5.97 Å². The second kappa shape index (κ2) is 4.17. The summed E-state index contributed by atoms with van der Waals surface area (Å²) in [5, 5.41) is 8.51. The fourth-order valence-corrected chi connectivity index (χ4v) is 1.69. The van der Waals surface area contributed by atoms with E-state index in [0.717, 1.165) is 17.7 Å². The van der Waals surface area contributed by atoms with Crippen molar-refractivity contribution in [3.63, 3.8) is 0 Å². The van der Waals surface area contributed by atoms with Gasteiger partial charge in [0.15, 0.2) is 0 Å². The maximum atomic E-state index is 10.4. The van der Waals surface area contributed by atoms with Crippen LogP contribution in [0.4, 0.5) is 0 Å². The number of fused-ring (bicyclic) bond motifs is 1. The monoisotopic (exact) mass is 204 g/mol. The number of para-hydroxylation sites is 1. The summed E-state index contributed by atoms with van der Waals surface area (Å²) in [5.41, 5.74) is 1.14. The van der Waals surface area contributed by atoms with Gasteiger partial charge in [-0.15, -0.1) is 0 Å². The Labute approximate surface area is 88.0 Å². The predicted octanol–water partition coefficient (Wildman–Crippen LogP) is 1.88. The zero-order chi connectivity index (χ0) is 10.7. The molecule has 0 fully saturated rings. The van der Waals surface area contributed by atoms with Gasteiger partial charge in [-0.1, -0.05) is 24.3 Å². The van der Waals surface area contributed by atoms with Crippen LogP contribution in [0.1, 0.15) is 5.56 Å². The highest BCUT2D eigenvalue weighted by Crippen LogP contribution is 2.27. The lowest BCUT2D eigenvalue weighted by molar-refractivity contribution is -0.131. The Morgan fingerprint density at radius 1 is 1.47 bits per heavy atom. The summed E-state index contributed by atoms with van der Waals surface area (Å²) in [7, 11) is 0. The highest BCUT2D eigenvalue weighted by Gasteiger charge is 2.16. The SMILES string of the molecule is O=C(O)/C=C\[C@H]1COc2ccccc2C1. The van der Waals surface area contributed by atoms with Crippen LogP contribution in [-0.4, -0.2) is 17.7 Å². The molecule has 0 aliphatic carbocycles. The molecule has 2 rings (SSSR count). The molecular formula is C12H12O3. The summed E-state index contributed by atoms with van der Waals surface area (Å²) in [5.74, 6) is 0.169. The Hall–Kier alpha value is -1.77. The molecule has 0 aromatic heterocycles. The Bertz CT molecular complexity index is 396. The van der Waals surface area contributed by atoms with Gasteiger partial charge in [0.25, 0.3) is 0 Å². The van der Waals surface area contributed by atoms with E-state index in [1.807, 2.05) is 24.3 Å². The number of carbonyl (C=O) groups is 1. The molecule has 0 saturated carbocycles. The fourth-order valence-electron chi connectivity index (χ4n) is 1.69. The van der Waals surface area contributed by atoms with Gasteiger partial charge in [0.05, 0.1) is 6.61 Å². The van der Waals surface area contributed by atoms with Gasteiger partial charge < -0.3 is 9.84 Å². The summed E-state index contributed by atoms with van der Waals surface area (Å²) in [6.45, 7) is 0.556. The van der Waals surface area contributed by atoms with E-state index < -0.39 is 5.97 Å². The average Bonchev–Trinajstić information content (AvgIpc) is 2.26. The molecule has 1 aliphatic heterocycles. The van der Waals surface area contributed by atoms with E-state index in [2.05, 4.69) is 0 Å². The quantitative estimate of drug-likeness (QED) is 0.748. The van der Waals surface area contributed by atoms with E-state index >= 15 is 0 Å². The minimum atomic E-state index is -0.908. The van der Waals surface area contributed by atoms with Crippen LogP contribution in [0.3, 0.4) is 0 Å². The van der Waals surface area contributed by atoms with Crippen LogP contribution in [0.2, 0.25) is 0 Å². The molecule has 0 spiro atoms. The van der Waals surface area contributed by atoms with Crippen molar-refractivity contribution in [1.29, 1.82) is 0 Å². The second-order valence-electron chi connectivity index (χ2n) is 3.58. The average molecular weight is 204 g/mol. The summed E-state index contributed by atoms with van der Waals surface area (Å²) >= 11 is 0. The molecule has 1 atom stereocenters. The molecule has 1 aliphatic rings. The van der Waals surface area contributed by atoms with Gasteiger partial charge in [0.2, 0.25) is 0 Å². The Kier molecular flexibility index (Phi) is 2.72. The van der Waals surface area contributed by atoms with E-state index in [4.69, 9.17) is 9.84 Å². The van der Waals surface area contributed by atoms with E-state index in [1.165, 1.54) is 6.08 Å². The molecule has 1 aromatic rings. The van der Waals surface area contributed by atoms with Crippen molar-refractivity contribution in [3.8, 4) is 5.75 Å². The zero-order valence-electron chi connectivity index (χ0n) is 8.22. The molecule has 3 nitrogen and oxygen atoms in total. The maximum Gasteiger partial charge on any atom is 0.327 e. The number of rotatable bonds is 2. The predicted molar refractivity (Wildman–Crippen MR) is 55.9 cm³/mol. The zero-order valence-corrected chi connectivity index (χ0v) is 8.22. The van der Waals surface area contributed by atoms with Gasteiger partial charge in [-0.3, -0.25) is 0 Å². The first kappa shape index (κ1) is 9.77. The minimum absolute atomic E-state index is 0.163. The number of carboxylic acid groups (broad SMARTS) is 1. The Morgan fingerprint density at radius 3 is 3.07 bits per heavy atom. The smallest absolute Gasteiger partial charge is 0.327 e. The first-order valence-corrected chi connectivity index (χ1v) is 4.87. The third-order valence-corrected chi connectivity index (χ3v) is 2.42. The lowest BCUT2D eigenvalue weighted by Crippen LogP contribution is -2.19. The second-order valence-corrected chi connectivity index (χ2v) is 3.58. The van der Waals surface area contributed by atoms with Crippen LogP contribution in [-0.2, 0) is 11.2 Å². The van der Waals surface area contributed by atoms with Gasteiger partial charge in [-0.05, 0) is 18.1 Å². The van der Waals surface area contributed by atoms with Crippen LogP contribution in [0, 0.1) is 5.92 Å². The van der Waals surface area contributed by atoms with Crippen molar-refractivity contribution in [2.24, 2.45) is 5.92 Å². The fraction of sp³-hybridized carbons (Fsp3) is 0.250. The highest BCUT2D eigenvalue weighted by molar-refractivity contribution is 5.79. The van der Waals surface area contributed by atoms with Crippen LogP contribution in [0.25, 0.3) is 0 Å². The van der Waals surface area contributed by atoms with Gasteiger partial charge in [-0.25, -0.2) is 4.79 Å². The third-order valence-electron chi connectivity index (χ3n) is 2.42. The molecule has 1 heterocycles. The van der Waals surface area contributed by atoms with Gasteiger partial charge in [0.1, 0.15) is 5.75 Å². The lowest BCUT2D eigenvalue weighted by atomic mass is 9.96. The molecule has 1 aromatic carbocycles. The maximum absolute atomic E-state index is 10.4. The summed E-state index contributed by atoms with van der Waals surface area (Å²) in [6, 6.07) is 7.85. The van der Waals surface area contributed by atoms with E-state index in [1.54, 1.807) is 6.08 Å². The summed E-state index contributed by atoms with van der Waals surface area (Å²) in [4.78, 5) is 10.4. The number of benzene rings is 1. The molecule has 15 heavy (non-hydrogen) atoms. The van der Waals surface area contributed by atoms with Crippen molar-refractivity contribution in [2.75, 3.05) is 6.61 Å². The standard InChI is InChI=1S/C12H12O3/c13-12(14)6-5-9-7-10-3-1-2-4-11(10)15-8-9/h1-6,9H,7-8H2,(H,13,14)/b6-5-/t9-/m1/s1. The van der Waals surface area contributed by atoms with E-state index in [0.29, 0.717) is 6.61 Å². The molecule has 0 amide bonds. The topological polar surface area (TPSA) is 46.5 Å². The van der Waals surface area contributed by atoms with E-state index in [9.17, 15) is 4.79 Å². The van der Waals surface area contributed by atoms with Crippen LogP contribution >= 0.6 is 0 Å². The highest BCUT2D eigenvalue weighted by atomic mass is 16.5. The van der Waals surface area contributed by atoms with Crippen LogP contribution in [0.15, 0.2) is 36.4 Å². The van der Waals surface area contributed by atoms with Gasteiger partial charge in [-0.2, -0.15) is 0 Å². The molecular weight excluding hydrogens is 192 g/mol. The largest absolute Gasteiger partial charge is 0.493 e. The molecule has 3 heteroatoms. The summed E-state index contributed by atoms with van der Waals surface area (Å²) in [6.07, 6.45) is 3.72. The van der Waals surface area contributed by atoms with Crippen LogP contribution < -0.4 is 4.74 Å². The normalized spacial score (nSPS) is 19.6. The number of hydrogen-bond donors (Lipinski definition) is 1. The number of hydrogen-bond acceptors (Lipinski definition) is 2. The van der Waals surface area contributed by atoms with E-state index in [-0.39, 0.29) is 5.92 Å². The number of ether oxygens (including phenoxy) is 1. The number of aliphatic carboxylic acids is 1. The summed E-state index contributed by atoms with van der Waals surface area (Å²) < 4.78 is 5.52. The minimum Gasteiger partial charge on any atom is -0.493 e. The van der Waals surface area contributed by atoms with Crippen LogP contribution in [0.5, 0.6) is 5.75 Å². The van der Waals surface area contributed by atoms with Crippen molar-refractivity contribution in [3.05, 3.63) is 42.0 Å². The lowest BCUT2D eigenvalue weighted by Gasteiger charge is -2.22. The van der Waals surface area contributed by atoms with Crippen molar-refractivity contribution < 1.29 is 14.6 Å².